The Labute approximate surface area is 148 Å². The van der Waals surface area contributed by atoms with Crippen molar-refractivity contribution in [3.63, 3.8) is 0 Å². The Kier molecular flexibility index (Phi) is 8.50. The lowest BCUT2D eigenvalue weighted by molar-refractivity contribution is -0.119. The van der Waals surface area contributed by atoms with Gasteiger partial charge in [0.1, 0.15) is 0 Å². The highest BCUT2D eigenvalue weighted by atomic mass is 35.5. The fraction of sp³-hybridized carbons (Fsp3) is 0.278. The van der Waals surface area contributed by atoms with E-state index in [9.17, 15) is 4.79 Å². The van der Waals surface area contributed by atoms with E-state index in [1.807, 2.05) is 48.5 Å². The fourth-order valence-electron chi connectivity index (χ4n) is 2.18. The summed E-state index contributed by atoms with van der Waals surface area (Å²) in [5, 5.41) is 5.97. The number of halogens is 1. The van der Waals surface area contributed by atoms with E-state index in [4.69, 9.17) is 9.47 Å². The number of nitrogens with one attached hydrogen (secondary N) is 2. The smallest absolute Gasteiger partial charge is 0.239 e. The highest BCUT2D eigenvalue weighted by Gasteiger charge is 2.05. The molecule has 2 rings (SSSR count). The molecule has 0 aliphatic rings. The predicted octanol–water partition coefficient (Wildman–Crippen LogP) is 2.90. The van der Waals surface area contributed by atoms with Crippen LogP contribution in [0.25, 0.3) is 0 Å². The van der Waals surface area contributed by atoms with Crippen molar-refractivity contribution < 1.29 is 14.3 Å². The van der Waals surface area contributed by atoms with E-state index in [1.54, 1.807) is 14.2 Å². The molecule has 5 nitrogen and oxygen atoms in total. The van der Waals surface area contributed by atoms with Crippen LogP contribution >= 0.6 is 12.4 Å². The molecule has 2 aromatic rings. The number of ether oxygens (including phenoxy) is 2. The second kappa shape index (κ2) is 10.4. The summed E-state index contributed by atoms with van der Waals surface area (Å²) < 4.78 is 10.5. The highest BCUT2D eigenvalue weighted by Crippen LogP contribution is 2.27. The summed E-state index contributed by atoms with van der Waals surface area (Å²) in [6.45, 7) is 0.834. The van der Waals surface area contributed by atoms with Gasteiger partial charge in [0.2, 0.25) is 5.91 Å². The number of hydrogen-bond donors (Lipinski definition) is 2. The van der Waals surface area contributed by atoms with Crippen molar-refractivity contribution in [2.45, 2.75) is 6.42 Å². The van der Waals surface area contributed by atoms with E-state index in [1.165, 1.54) is 0 Å². The van der Waals surface area contributed by atoms with Gasteiger partial charge >= 0.3 is 0 Å². The molecule has 0 bridgehead atoms. The third-order valence-corrected chi connectivity index (χ3v) is 3.41. The molecule has 0 aliphatic heterocycles. The first-order chi connectivity index (χ1) is 11.2. The van der Waals surface area contributed by atoms with Crippen molar-refractivity contribution in [3.05, 3.63) is 54.1 Å². The van der Waals surface area contributed by atoms with Crippen molar-refractivity contribution in [2.24, 2.45) is 0 Å². The summed E-state index contributed by atoms with van der Waals surface area (Å²) in [4.78, 5) is 11.8. The van der Waals surface area contributed by atoms with Crippen LogP contribution in [-0.2, 0) is 11.2 Å². The molecule has 1 amide bonds. The molecule has 130 valence electrons. The average molecular weight is 351 g/mol. The molecular formula is C18H23ClN2O3. The Morgan fingerprint density at radius 2 is 1.71 bits per heavy atom. The molecule has 0 aliphatic carbocycles. The van der Waals surface area contributed by atoms with Crippen LogP contribution in [0.15, 0.2) is 48.5 Å². The van der Waals surface area contributed by atoms with Crippen molar-refractivity contribution in [1.29, 1.82) is 0 Å². The van der Waals surface area contributed by atoms with Gasteiger partial charge in [0, 0.05) is 12.2 Å². The number of benzene rings is 2. The lowest BCUT2D eigenvalue weighted by Gasteiger charge is -2.10. The maximum Gasteiger partial charge on any atom is 0.239 e. The zero-order valence-corrected chi connectivity index (χ0v) is 14.7. The summed E-state index contributed by atoms with van der Waals surface area (Å²) in [5.74, 6) is 1.36. The molecule has 0 heterocycles. The van der Waals surface area contributed by atoms with Gasteiger partial charge in [-0.2, -0.15) is 0 Å². The number of rotatable bonds is 8. The van der Waals surface area contributed by atoms with Gasteiger partial charge < -0.3 is 20.1 Å². The zero-order chi connectivity index (χ0) is 16.5. The number of anilines is 1. The van der Waals surface area contributed by atoms with E-state index in [0.717, 1.165) is 17.7 Å². The minimum Gasteiger partial charge on any atom is -0.493 e. The van der Waals surface area contributed by atoms with E-state index in [2.05, 4.69) is 10.6 Å². The van der Waals surface area contributed by atoms with E-state index < -0.39 is 0 Å². The number of carbonyl (C=O) groups is 1. The van der Waals surface area contributed by atoms with Crippen LogP contribution in [0.5, 0.6) is 11.5 Å². The predicted molar refractivity (Wildman–Crippen MR) is 98.4 cm³/mol. The second-order valence-corrected chi connectivity index (χ2v) is 5.01. The Hall–Kier alpha value is -2.40. The Morgan fingerprint density at radius 1 is 1.00 bits per heavy atom. The molecule has 6 heteroatoms. The first-order valence-electron chi connectivity index (χ1n) is 7.49. The molecule has 24 heavy (non-hydrogen) atoms. The topological polar surface area (TPSA) is 59.6 Å². The third kappa shape index (κ3) is 6.01. The van der Waals surface area contributed by atoms with Crippen molar-refractivity contribution in [1.82, 2.24) is 5.32 Å². The summed E-state index contributed by atoms with van der Waals surface area (Å²) in [6, 6.07) is 15.4. The van der Waals surface area contributed by atoms with Gasteiger partial charge in [-0.05, 0) is 36.2 Å². The van der Waals surface area contributed by atoms with Gasteiger partial charge in [-0.15, -0.1) is 12.4 Å². The lowest BCUT2D eigenvalue weighted by Crippen LogP contribution is -2.31. The van der Waals surface area contributed by atoms with Crippen LogP contribution < -0.4 is 20.1 Å². The molecular weight excluding hydrogens is 328 g/mol. The van der Waals surface area contributed by atoms with E-state index in [0.29, 0.717) is 18.0 Å². The molecule has 2 N–H and O–H groups in total. The summed E-state index contributed by atoms with van der Waals surface area (Å²) in [7, 11) is 3.22. The zero-order valence-electron chi connectivity index (χ0n) is 13.9. The molecule has 0 spiro atoms. The third-order valence-electron chi connectivity index (χ3n) is 3.41. The van der Waals surface area contributed by atoms with Crippen LogP contribution in [0.4, 0.5) is 5.69 Å². The number of amides is 1. The maximum atomic E-state index is 11.8. The first kappa shape index (κ1) is 19.6. The number of carbonyl (C=O) groups excluding carboxylic acids is 1. The quantitative estimate of drug-likeness (QED) is 0.768. The van der Waals surface area contributed by atoms with Crippen molar-refractivity contribution in [3.8, 4) is 11.5 Å². The summed E-state index contributed by atoms with van der Waals surface area (Å²) in [5.41, 5.74) is 2.02. The maximum absolute atomic E-state index is 11.8. The number of hydrogen-bond acceptors (Lipinski definition) is 4. The van der Waals surface area contributed by atoms with Crippen molar-refractivity contribution in [2.75, 3.05) is 32.6 Å². The summed E-state index contributed by atoms with van der Waals surface area (Å²) >= 11 is 0. The minimum atomic E-state index is -0.0330. The van der Waals surface area contributed by atoms with Crippen LogP contribution in [0, 0.1) is 0 Å². The number of para-hydroxylation sites is 1. The molecule has 0 saturated carbocycles. The molecule has 0 atom stereocenters. The minimum absolute atomic E-state index is 0. The Bertz CT molecular complexity index is 635. The lowest BCUT2D eigenvalue weighted by atomic mass is 10.1. The SMILES string of the molecule is COc1ccc(CCNC(=O)CNc2ccccc2)cc1OC.Cl. The molecule has 0 saturated heterocycles. The normalized spacial score (nSPS) is 9.58. The van der Waals surface area contributed by atoms with Crippen molar-refractivity contribution >= 4 is 24.0 Å². The highest BCUT2D eigenvalue weighted by molar-refractivity contribution is 5.85. The Morgan fingerprint density at radius 3 is 2.38 bits per heavy atom. The van der Waals surface area contributed by atoms with Crippen LogP contribution in [0.2, 0.25) is 0 Å². The fourth-order valence-corrected chi connectivity index (χ4v) is 2.18. The van der Waals surface area contributed by atoms with Gasteiger partial charge in [-0.25, -0.2) is 0 Å². The van der Waals surface area contributed by atoms with Gasteiger partial charge in [0.15, 0.2) is 11.5 Å². The molecule has 0 aromatic heterocycles. The molecule has 0 radical (unpaired) electrons. The van der Waals surface area contributed by atoms with E-state index in [-0.39, 0.29) is 24.9 Å². The first-order valence-corrected chi connectivity index (χ1v) is 7.49. The molecule has 0 unspecified atom stereocenters. The van der Waals surface area contributed by atoms with Gasteiger partial charge in [-0.3, -0.25) is 4.79 Å². The summed E-state index contributed by atoms with van der Waals surface area (Å²) in [6.07, 6.45) is 0.734. The van der Waals surface area contributed by atoms with E-state index >= 15 is 0 Å². The average Bonchev–Trinajstić information content (AvgIpc) is 2.60. The molecule has 2 aromatic carbocycles. The largest absolute Gasteiger partial charge is 0.493 e. The van der Waals surface area contributed by atoms with Crippen LogP contribution in [0.1, 0.15) is 5.56 Å². The van der Waals surface area contributed by atoms with Gasteiger partial charge in [0.25, 0.3) is 0 Å². The number of methoxy groups -OCH3 is 2. The standard InChI is InChI=1S/C18H22N2O3.ClH/c1-22-16-9-8-14(12-17(16)23-2)10-11-19-18(21)13-20-15-6-4-3-5-7-15;/h3-9,12,20H,10-11,13H2,1-2H3,(H,19,21);1H. The van der Waals surface area contributed by atoms with Crippen LogP contribution in [-0.4, -0.2) is 33.2 Å². The second-order valence-electron chi connectivity index (χ2n) is 5.01. The van der Waals surface area contributed by atoms with Gasteiger partial charge in [-0.1, -0.05) is 24.3 Å². The molecule has 0 fully saturated rings. The van der Waals surface area contributed by atoms with Crippen LogP contribution in [0.3, 0.4) is 0 Å². The van der Waals surface area contributed by atoms with Gasteiger partial charge in [0.05, 0.1) is 20.8 Å². The monoisotopic (exact) mass is 350 g/mol. The Balaban J connectivity index is 0.00000288.